The molecule has 0 spiro atoms. The summed E-state index contributed by atoms with van der Waals surface area (Å²) < 4.78 is 14.3. The summed E-state index contributed by atoms with van der Waals surface area (Å²) >= 11 is 4.79. The van der Waals surface area contributed by atoms with Gasteiger partial charge in [0.1, 0.15) is 17.6 Å². The number of hydrogen-bond acceptors (Lipinski definition) is 4. The fraction of sp³-hybridized carbons (Fsp3) is 0.0909. The Morgan fingerprint density at radius 2 is 1.86 bits per heavy atom. The zero-order valence-corrected chi connectivity index (χ0v) is 17.6. The second kappa shape index (κ2) is 7.57. The van der Waals surface area contributed by atoms with E-state index in [2.05, 4.69) is 15.9 Å². The van der Waals surface area contributed by atoms with Gasteiger partial charge in [-0.1, -0.05) is 28.1 Å². The Morgan fingerprint density at radius 3 is 2.48 bits per heavy atom. The third-order valence-electron chi connectivity index (χ3n) is 4.79. The Kier molecular flexibility index (Phi) is 5.10. The second-order valence-electron chi connectivity index (χ2n) is 6.62. The minimum Gasteiger partial charge on any atom is -0.507 e. The van der Waals surface area contributed by atoms with Crippen molar-refractivity contribution in [3.05, 3.63) is 91.8 Å². The third-order valence-corrected chi connectivity index (χ3v) is 6.61. The molecule has 1 atom stereocenters. The van der Waals surface area contributed by atoms with E-state index in [-0.39, 0.29) is 11.3 Å². The first-order valence-electron chi connectivity index (χ1n) is 8.75. The van der Waals surface area contributed by atoms with E-state index in [9.17, 15) is 19.1 Å². The molecule has 2 heterocycles. The van der Waals surface area contributed by atoms with Crippen molar-refractivity contribution in [3.63, 3.8) is 0 Å². The van der Waals surface area contributed by atoms with Gasteiger partial charge in [0.25, 0.3) is 11.7 Å². The van der Waals surface area contributed by atoms with Gasteiger partial charge < -0.3 is 5.11 Å². The zero-order valence-electron chi connectivity index (χ0n) is 15.2. The highest BCUT2D eigenvalue weighted by Crippen LogP contribution is 2.43. The van der Waals surface area contributed by atoms with Gasteiger partial charge in [-0.15, -0.1) is 11.3 Å². The van der Waals surface area contributed by atoms with Crippen LogP contribution in [0.15, 0.2) is 70.0 Å². The Morgan fingerprint density at radius 1 is 1.14 bits per heavy atom. The molecule has 0 aliphatic carbocycles. The smallest absolute Gasteiger partial charge is 0.300 e. The monoisotopic (exact) mass is 471 g/mol. The fourth-order valence-electron chi connectivity index (χ4n) is 3.36. The first-order valence-corrected chi connectivity index (χ1v) is 10.4. The predicted molar refractivity (Wildman–Crippen MR) is 114 cm³/mol. The number of rotatable bonds is 3. The molecule has 2 aromatic carbocycles. The van der Waals surface area contributed by atoms with Crippen LogP contribution in [0.2, 0.25) is 0 Å². The number of ketones is 1. The number of thiophene rings is 1. The summed E-state index contributed by atoms with van der Waals surface area (Å²) in [6.07, 6.45) is 0. The summed E-state index contributed by atoms with van der Waals surface area (Å²) in [4.78, 5) is 27.9. The molecular weight excluding hydrogens is 457 g/mol. The summed E-state index contributed by atoms with van der Waals surface area (Å²) in [6, 6.07) is 13.4. The number of nitrogens with zero attached hydrogens (tertiary/aromatic N) is 1. The molecular formula is C22H15BrFNO3S. The highest BCUT2D eigenvalue weighted by atomic mass is 79.9. The van der Waals surface area contributed by atoms with Gasteiger partial charge in [-0.25, -0.2) is 4.39 Å². The van der Waals surface area contributed by atoms with Crippen LogP contribution in [0, 0.1) is 12.7 Å². The second-order valence-corrected chi connectivity index (χ2v) is 8.46. The molecule has 0 saturated carbocycles. The van der Waals surface area contributed by atoms with E-state index in [1.807, 2.05) is 18.4 Å². The molecule has 4 nitrogen and oxygen atoms in total. The number of aliphatic hydroxyl groups excluding tert-OH is 1. The molecule has 1 fully saturated rings. The molecule has 1 saturated heterocycles. The largest absolute Gasteiger partial charge is 0.507 e. The minimum atomic E-state index is -0.788. The van der Waals surface area contributed by atoms with E-state index in [1.54, 1.807) is 24.3 Å². The molecule has 146 valence electrons. The molecule has 1 aliphatic heterocycles. The maximum atomic E-state index is 13.4. The first-order chi connectivity index (χ1) is 13.9. The van der Waals surface area contributed by atoms with E-state index >= 15 is 0 Å². The highest BCUT2D eigenvalue weighted by Gasteiger charge is 2.47. The van der Waals surface area contributed by atoms with Crippen LogP contribution >= 0.6 is 27.3 Å². The van der Waals surface area contributed by atoms with Crippen LogP contribution in [0.4, 0.5) is 10.1 Å². The number of amides is 1. The van der Waals surface area contributed by atoms with Crippen LogP contribution in [-0.4, -0.2) is 16.8 Å². The number of aryl methyl sites for hydroxylation is 1. The normalized spacial score (nSPS) is 18.4. The lowest BCUT2D eigenvalue weighted by Crippen LogP contribution is -2.29. The Bertz CT molecular complexity index is 1140. The van der Waals surface area contributed by atoms with E-state index in [1.165, 1.54) is 40.5 Å². The molecule has 0 radical (unpaired) electrons. The van der Waals surface area contributed by atoms with Gasteiger partial charge in [0, 0.05) is 20.6 Å². The summed E-state index contributed by atoms with van der Waals surface area (Å²) in [5.41, 5.74) is 1.74. The fourth-order valence-corrected chi connectivity index (χ4v) is 4.43. The van der Waals surface area contributed by atoms with Gasteiger partial charge in [-0.3, -0.25) is 14.5 Å². The minimum absolute atomic E-state index is 0.0171. The summed E-state index contributed by atoms with van der Waals surface area (Å²) in [6.45, 7) is 1.87. The molecule has 3 aromatic rings. The standard InChI is InChI=1S/C22H15BrFNO3S/c1-12-11-13(4-9-16(12)23)20(26)18-19(17-3-2-10-29-17)25(22(28)21(18)27)15-7-5-14(24)6-8-15/h2-11,19,26H,1H3/b20-18-. The van der Waals surface area contributed by atoms with E-state index in [0.717, 1.165) is 14.9 Å². The summed E-state index contributed by atoms with van der Waals surface area (Å²) in [5.74, 6) is -2.21. The van der Waals surface area contributed by atoms with Gasteiger partial charge >= 0.3 is 0 Å². The molecule has 4 rings (SSSR count). The van der Waals surface area contributed by atoms with Gasteiger partial charge in [0.05, 0.1) is 5.57 Å². The number of aliphatic hydroxyl groups is 1. The van der Waals surface area contributed by atoms with Crippen LogP contribution < -0.4 is 4.90 Å². The van der Waals surface area contributed by atoms with Crippen molar-refractivity contribution in [1.29, 1.82) is 0 Å². The third kappa shape index (κ3) is 3.41. The number of hydrogen-bond donors (Lipinski definition) is 1. The molecule has 1 unspecified atom stereocenters. The van der Waals surface area contributed by atoms with Crippen molar-refractivity contribution in [2.75, 3.05) is 4.90 Å². The van der Waals surface area contributed by atoms with Crippen molar-refractivity contribution in [3.8, 4) is 0 Å². The maximum Gasteiger partial charge on any atom is 0.300 e. The molecule has 29 heavy (non-hydrogen) atoms. The molecule has 1 N–H and O–H groups in total. The van der Waals surface area contributed by atoms with E-state index < -0.39 is 23.5 Å². The van der Waals surface area contributed by atoms with Crippen LogP contribution in [-0.2, 0) is 9.59 Å². The number of anilines is 1. The average molecular weight is 472 g/mol. The van der Waals surface area contributed by atoms with Crippen molar-refractivity contribution in [2.24, 2.45) is 0 Å². The molecule has 1 amide bonds. The molecule has 7 heteroatoms. The summed E-state index contributed by atoms with van der Waals surface area (Å²) in [5, 5.41) is 12.8. The van der Waals surface area contributed by atoms with Crippen LogP contribution in [0.5, 0.6) is 0 Å². The predicted octanol–water partition coefficient (Wildman–Crippen LogP) is 5.58. The first kappa shape index (κ1) is 19.5. The van der Waals surface area contributed by atoms with Crippen molar-refractivity contribution in [2.45, 2.75) is 13.0 Å². The molecule has 1 aliphatic rings. The van der Waals surface area contributed by atoms with Crippen molar-refractivity contribution in [1.82, 2.24) is 0 Å². The van der Waals surface area contributed by atoms with Gasteiger partial charge in [0.15, 0.2) is 0 Å². The Hall–Kier alpha value is -2.77. The van der Waals surface area contributed by atoms with E-state index in [4.69, 9.17) is 0 Å². The number of benzene rings is 2. The van der Waals surface area contributed by atoms with Crippen LogP contribution in [0.3, 0.4) is 0 Å². The highest BCUT2D eigenvalue weighted by molar-refractivity contribution is 9.10. The maximum absolute atomic E-state index is 13.4. The zero-order chi connectivity index (χ0) is 20.7. The van der Waals surface area contributed by atoms with E-state index in [0.29, 0.717) is 11.3 Å². The van der Waals surface area contributed by atoms with Gasteiger partial charge in [0.2, 0.25) is 0 Å². The molecule has 1 aromatic heterocycles. The summed E-state index contributed by atoms with van der Waals surface area (Å²) in [7, 11) is 0. The average Bonchev–Trinajstić information content (AvgIpc) is 3.32. The van der Waals surface area contributed by atoms with Crippen LogP contribution in [0.1, 0.15) is 22.0 Å². The van der Waals surface area contributed by atoms with Crippen molar-refractivity contribution >= 4 is 50.4 Å². The topological polar surface area (TPSA) is 57.6 Å². The number of carbonyl (C=O) groups excluding carboxylic acids is 2. The van der Waals surface area contributed by atoms with Crippen LogP contribution in [0.25, 0.3) is 5.76 Å². The Labute approximate surface area is 179 Å². The SMILES string of the molecule is Cc1cc(/C(O)=C2/C(=O)C(=O)N(c3ccc(F)cc3)C2c2cccs2)ccc1Br. The molecule has 0 bridgehead atoms. The Balaban J connectivity index is 1.92. The number of Topliss-reactive ketones (excluding diaryl/α,β-unsaturated/α-hetero) is 1. The lowest BCUT2D eigenvalue weighted by Gasteiger charge is -2.24. The number of halogens is 2. The lowest BCUT2D eigenvalue weighted by molar-refractivity contribution is -0.132. The quantitative estimate of drug-likeness (QED) is 0.308. The van der Waals surface area contributed by atoms with Gasteiger partial charge in [-0.2, -0.15) is 0 Å². The van der Waals surface area contributed by atoms with Gasteiger partial charge in [-0.05, 0) is 60.3 Å². The van der Waals surface area contributed by atoms with Crippen molar-refractivity contribution < 1.29 is 19.1 Å². The lowest BCUT2D eigenvalue weighted by atomic mass is 9.99. The number of carbonyl (C=O) groups is 2.